The summed E-state index contributed by atoms with van der Waals surface area (Å²) in [7, 11) is -4.99. The number of nitrogen functional groups attached to an aromatic ring is 1. The van der Waals surface area contributed by atoms with E-state index in [0.29, 0.717) is 16.7 Å². The molecule has 4 rings (SSSR count). The zero-order valence-electron chi connectivity index (χ0n) is 23.8. The Hall–Kier alpha value is -3.84. The number of nitrogens with zero attached hydrogens (tertiary/aromatic N) is 5. The lowest BCUT2D eigenvalue weighted by atomic mass is 9.95. The summed E-state index contributed by atoms with van der Waals surface area (Å²) in [6, 6.07) is 2.77. The minimum Gasteiger partial charge on any atom is -0.488 e. The van der Waals surface area contributed by atoms with E-state index in [1.807, 2.05) is 28.9 Å². The van der Waals surface area contributed by atoms with Gasteiger partial charge in [-0.2, -0.15) is 13.5 Å². The van der Waals surface area contributed by atoms with Gasteiger partial charge >= 0.3 is 10.4 Å². The Morgan fingerprint density at radius 1 is 1.37 bits per heavy atom. The van der Waals surface area contributed by atoms with E-state index in [4.69, 9.17) is 24.8 Å². The van der Waals surface area contributed by atoms with Crippen LogP contribution in [0.25, 0.3) is 5.65 Å². The van der Waals surface area contributed by atoms with Crippen LogP contribution >= 0.6 is 11.3 Å². The number of rotatable bonds is 14. The van der Waals surface area contributed by atoms with Crippen molar-refractivity contribution in [1.29, 1.82) is 0 Å². The van der Waals surface area contributed by atoms with Crippen LogP contribution in [0.2, 0.25) is 0 Å². The lowest BCUT2D eigenvalue weighted by Crippen LogP contribution is -2.58. The first-order chi connectivity index (χ1) is 20.4. The number of fused-ring (bicyclic) bond motifs is 1. The zero-order chi connectivity index (χ0) is 31.2. The number of carbonyl (C=O) groups excluding carboxylic acids is 2. The predicted molar refractivity (Wildman–Crippen MR) is 157 cm³/mol. The van der Waals surface area contributed by atoms with E-state index in [-0.39, 0.29) is 36.2 Å². The quantitative estimate of drug-likeness (QED) is 0.0643. The molecule has 1 aliphatic heterocycles. The number of imidazole rings is 1. The number of amides is 2. The van der Waals surface area contributed by atoms with Gasteiger partial charge < -0.3 is 30.3 Å². The second-order valence-electron chi connectivity index (χ2n) is 10.3. The minimum atomic E-state index is -4.99. The number of pyridine rings is 1. The molecule has 2 atom stereocenters. The molecule has 16 nitrogen and oxygen atoms in total. The van der Waals surface area contributed by atoms with Crippen LogP contribution in [-0.4, -0.2) is 88.3 Å². The van der Waals surface area contributed by atoms with Gasteiger partial charge in [0, 0.05) is 24.0 Å². The number of piperidine rings is 1. The molecule has 3 aromatic heterocycles. The zero-order valence-corrected chi connectivity index (χ0v) is 25.4. The first-order valence-electron chi connectivity index (χ1n) is 13.3. The number of thiazole rings is 1. The topological polar surface area (TPSA) is 212 Å². The van der Waals surface area contributed by atoms with Crippen LogP contribution in [0.3, 0.4) is 0 Å². The molecule has 1 fully saturated rings. The smallest absolute Gasteiger partial charge is 0.418 e. The summed E-state index contributed by atoms with van der Waals surface area (Å²) in [4.78, 5) is 38.8. The van der Waals surface area contributed by atoms with Crippen molar-refractivity contribution in [2.24, 2.45) is 5.16 Å². The molecule has 1 saturated heterocycles. The van der Waals surface area contributed by atoms with E-state index in [1.165, 1.54) is 26.2 Å². The van der Waals surface area contributed by atoms with Crippen molar-refractivity contribution in [2.75, 3.05) is 32.0 Å². The highest BCUT2D eigenvalue weighted by Gasteiger charge is 2.38. The van der Waals surface area contributed by atoms with Crippen LogP contribution in [0, 0.1) is 0 Å². The first-order valence-corrected chi connectivity index (χ1v) is 15.6. The van der Waals surface area contributed by atoms with Crippen LogP contribution in [0.4, 0.5) is 5.13 Å². The third kappa shape index (κ3) is 8.38. The molecule has 0 spiro atoms. The molecule has 0 bridgehead atoms. The molecule has 3 aromatic rings. The molecule has 1 aliphatic rings. The van der Waals surface area contributed by atoms with Gasteiger partial charge in [0.05, 0.1) is 23.5 Å². The summed E-state index contributed by atoms with van der Waals surface area (Å²) in [5.41, 5.74) is 6.09. The third-order valence-electron chi connectivity index (χ3n) is 6.98. The maximum absolute atomic E-state index is 13.2. The molecule has 43 heavy (non-hydrogen) atoms. The van der Waals surface area contributed by atoms with Crippen molar-refractivity contribution in [2.45, 2.75) is 51.1 Å². The SMILES string of the molecule is CC(NC(=O)/C(=N\OCCOc1ccc2nc(C3CCCNC3)cn2c1)c1csc(N)n1)C(C)(C)N(C=O)OS(=O)(=O)O. The van der Waals surface area contributed by atoms with Crippen molar-refractivity contribution < 1.29 is 36.4 Å². The van der Waals surface area contributed by atoms with Crippen molar-refractivity contribution in [3.63, 3.8) is 0 Å². The molecular formula is C25H34N8O8S2. The van der Waals surface area contributed by atoms with Crippen LogP contribution in [0.1, 0.15) is 50.9 Å². The van der Waals surface area contributed by atoms with Gasteiger partial charge in [-0.25, -0.2) is 9.97 Å². The predicted octanol–water partition coefficient (Wildman–Crippen LogP) is 1.12. The van der Waals surface area contributed by atoms with Gasteiger partial charge in [-0.15, -0.1) is 15.6 Å². The Balaban J connectivity index is 1.37. The summed E-state index contributed by atoms with van der Waals surface area (Å²) in [5, 5.41) is 12.0. The highest BCUT2D eigenvalue weighted by Crippen LogP contribution is 2.24. The Morgan fingerprint density at radius 2 is 2.16 bits per heavy atom. The summed E-state index contributed by atoms with van der Waals surface area (Å²) in [6.45, 7) is 6.37. The van der Waals surface area contributed by atoms with E-state index in [9.17, 15) is 18.0 Å². The average Bonchev–Trinajstić information content (AvgIpc) is 3.59. The Morgan fingerprint density at radius 3 is 2.81 bits per heavy atom. The number of hydroxylamine groups is 2. The Kier molecular flexibility index (Phi) is 10.2. The second-order valence-corrected chi connectivity index (χ2v) is 12.2. The number of aromatic nitrogens is 3. The number of ether oxygens (including phenoxy) is 1. The molecule has 234 valence electrons. The number of nitrogens with two attached hydrogens (primary N) is 1. The number of hydrogen-bond acceptors (Lipinski definition) is 13. The molecule has 0 radical (unpaired) electrons. The van der Waals surface area contributed by atoms with Gasteiger partial charge in [-0.05, 0) is 52.3 Å². The normalized spacial score (nSPS) is 16.9. The van der Waals surface area contributed by atoms with E-state index in [2.05, 4.69) is 25.1 Å². The maximum Gasteiger partial charge on any atom is 0.418 e. The summed E-state index contributed by atoms with van der Waals surface area (Å²) in [6.07, 6.45) is 6.13. The fraction of sp³-hybridized carbons (Fsp3) is 0.480. The Bertz CT molecular complexity index is 1570. The molecular weight excluding hydrogens is 604 g/mol. The third-order valence-corrected chi connectivity index (χ3v) is 8.00. The van der Waals surface area contributed by atoms with Crippen LogP contribution in [0.5, 0.6) is 5.75 Å². The molecule has 0 aliphatic carbocycles. The highest BCUT2D eigenvalue weighted by atomic mass is 32.3. The highest BCUT2D eigenvalue weighted by molar-refractivity contribution is 7.80. The average molecular weight is 639 g/mol. The number of oxime groups is 1. The van der Waals surface area contributed by atoms with E-state index in [1.54, 1.807) is 0 Å². The van der Waals surface area contributed by atoms with Gasteiger partial charge in [0.1, 0.15) is 23.7 Å². The van der Waals surface area contributed by atoms with Crippen molar-refractivity contribution in [3.8, 4) is 5.75 Å². The number of hydrogen-bond donors (Lipinski definition) is 4. The number of anilines is 1. The lowest BCUT2D eigenvalue weighted by molar-refractivity contribution is -0.166. The molecule has 2 amide bonds. The number of carbonyl (C=O) groups is 2. The van der Waals surface area contributed by atoms with Gasteiger partial charge in [-0.1, -0.05) is 5.16 Å². The minimum absolute atomic E-state index is 0.0144. The van der Waals surface area contributed by atoms with Crippen LogP contribution in [0.15, 0.2) is 35.1 Å². The summed E-state index contributed by atoms with van der Waals surface area (Å²) < 4.78 is 43.3. The standard InChI is InChI=1S/C25H34N8O8S2/c1-16(25(2,3)33(15-34)41-43(36,37)38)28-23(35)22(20-14-42-24(26)30-20)31-40-10-9-39-18-6-7-21-29-19(13-32(21)12-18)17-5-4-8-27-11-17/h6-7,12-17,27H,4-5,8-11H2,1-3H3,(H2,26,30)(H,28,35)(H,36,37,38)/b31-22-. The Labute approximate surface area is 252 Å². The maximum atomic E-state index is 13.2. The van der Waals surface area contributed by atoms with Gasteiger partial charge in [0.25, 0.3) is 5.91 Å². The van der Waals surface area contributed by atoms with Crippen LogP contribution in [-0.2, 0) is 29.1 Å². The van der Waals surface area contributed by atoms with Gasteiger partial charge in [-0.3, -0.25) is 14.1 Å². The van der Waals surface area contributed by atoms with E-state index in [0.717, 1.165) is 48.6 Å². The number of nitrogens with one attached hydrogen (secondary N) is 2. The molecule has 0 aromatic carbocycles. The first kappa shape index (κ1) is 32.1. The van der Waals surface area contributed by atoms with Crippen molar-refractivity contribution in [1.82, 2.24) is 30.1 Å². The van der Waals surface area contributed by atoms with Gasteiger partial charge in [0.2, 0.25) is 6.41 Å². The molecule has 2 unspecified atom stereocenters. The largest absolute Gasteiger partial charge is 0.488 e. The molecule has 4 heterocycles. The van der Waals surface area contributed by atoms with E-state index >= 15 is 0 Å². The van der Waals surface area contributed by atoms with Crippen LogP contribution < -0.4 is 21.1 Å². The van der Waals surface area contributed by atoms with Crippen molar-refractivity contribution in [3.05, 3.63) is 41.3 Å². The van der Waals surface area contributed by atoms with E-state index < -0.39 is 27.9 Å². The lowest BCUT2D eigenvalue weighted by Gasteiger charge is -2.37. The molecule has 0 saturated carbocycles. The summed E-state index contributed by atoms with van der Waals surface area (Å²) >= 11 is 1.09. The van der Waals surface area contributed by atoms with Crippen molar-refractivity contribution >= 4 is 50.5 Å². The van der Waals surface area contributed by atoms with Gasteiger partial charge in [0.15, 0.2) is 17.5 Å². The molecule has 5 N–H and O–H groups in total. The second kappa shape index (κ2) is 13.6. The monoisotopic (exact) mass is 638 g/mol. The summed E-state index contributed by atoms with van der Waals surface area (Å²) in [5.74, 6) is 0.227. The molecule has 18 heteroatoms. The fourth-order valence-electron chi connectivity index (χ4n) is 4.27. The fourth-order valence-corrected chi connectivity index (χ4v) is 5.25.